The molecule has 0 amide bonds. The summed E-state index contributed by atoms with van der Waals surface area (Å²) in [7, 11) is 0. The number of benzene rings is 8. The highest BCUT2D eigenvalue weighted by Gasteiger charge is 2.25. The third kappa shape index (κ3) is 3.91. The Balaban J connectivity index is 1.31. The quantitative estimate of drug-likeness (QED) is 0.188. The second-order valence-electron chi connectivity index (χ2n) is 12.9. The van der Waals surface area contributed by atoms with Gasteiger partial charge in [-0.3, -0.25) is 0 Å². The summed E-state index contributed by atoms with van der Waals surface area (Å²) in [6.45, 7) is 0. The zero-order valence-electron chi connectivity index (χ0n) is 26.9. The molecule has 0 unspecified atom stereocenters. The molecular formula is C46H28N2OS. The van der Waals surface area contributed by atoms with E-state index in [-0.39, 0.29) is 0 Å². The van der Waals surface area contributed by atoms with Gasteiger partial charge in [-0.25, -0.2) is 0 Å². The van der Waals surface area contributed by atoms with Gasteiger partial charge in [-0.2, -0.15) is 0 Å². The van der Waals surface area contributed by atoms with E-state index in [0.717, 1.165) is 50.2 Å². The molecule has 50 heavy (non-hydrogen) atoms. The minimum Gasteiger partial charge on any atom is -0.456 e. The lowest BCUT2D eigenvalue weighted by molar-refractivity contribution is 0.669. The Morgan fingerprint density at radius 3 is 2.06 bits per heavy atom. The maximum atomic E-state index is 6.52. The van der Waals surface area contributed by atoms with Crippen LogP contribution in [-0.2, 0) is 0 Å². The number of fused-ring (bicyclic) bond motifs is 11. The molecule has 0 radical (unpaired) electrons. The second kappa shape index (κ2) is 10.6. The van der Waals surface area contributed by atoms with E-state index in [9.17, 15) is 0 Å². The summed E-state index contributed by atoms with van der Waals surface area (Å²) >= 11 is 1.88. The molecule has 0 spiro atoms. The van der Waals surface area contributed by atoms with Crippen molar-refractivity contribution in [1.82, 2.24) is 4.57 Å². The molecule has 8 aromatic carbocycles. The summed E-state index contributed by atoms with van der Waals surface area (Å²) in [5, 5.41) is 9.69. The van der Waals surface area contributed by atoms with Gasteiger partial charge in [-0.15, -0.1) is 11.3 Å². The molecule has 11 aromatic rings. The Labute approximate surface area is 291 Å². The molecule has 0 aliphatic rings. The maximum absolute atomic E-state index is 6.52. The highest BCUT2D eigenvalue weighted by atomic mass is 32.1. The second-order valence-corrected chi connectivity index (χ2v) is 13.9. The van der Waals surface area contributed by atoms with Gasteiger partial charge in [0.2, 0.25) is 0 Å². The minimum absolute atomic E-state index is 0.875. The van der Waals surface area contributed by atoms with E-state index in [1.165, 1.54) is 47.2 Å². The number of rotatable bonds is 4. The molecule has 11 rings (SSSR count). The van der Waals surface area contributed by atoms with Gasteiger partial charge in [0, 0.05) is 59.2 Å². The van der Waals surface area contributed by atoms with Crippen molar-refractivity contribution in [2.24, 2.45) is 0 Å². The highest BCUT2D eigenvalue weighted by molar-refractivity contribution is 7.26. The standard InChI is InChI=1S/C46H28N2OS/c1-2-14-30(15-3-1)47-37-20-9-6-18-35(37)44-38(47)21-12-22-39(44)48(31-25-26-34-33-17-7-10-23-41(33)49-42(34)28-31)40-27-29-13-4-5-16-32(29)46-45(40)36-19-8-11-24-43(36)50-46/h1-28H. The minimum atomic E-state index is 0.875. The first-order valence-corrected chi connectivity index (χ1v) is 17.8. The van der Waals surface area contributed by atoms with Crippen LogP contribution in [0.3, 0.4) is 0 Å². The van der Waals surface area contributed by atoms with E-state index >= 15 is 0 Å². The summed E-state index contributed by atoms with van der Waals surface area (Å²) in [6.07, 6.45) is 0. The van der Waals surface area contributed by atoms with Crippen molar-refractivity contribution in [1.29, 1.82) is 0 Å². The van der Waals surface area contributed by atoms with E-state index in [2.05, 4.69) is 173 Å². The van der Waals surface area contributed by atoms with Gasteiger partial charge in [0.25, 0.3) is 0 Å². The molecule has 0 saturated carbocycles. The number of aromatic nitrogens is 1. The molecule has 3 aromatic heterocycles. The van der Waals surface area contributed by atoms with Crippen molar-refractivity contribution in [3.63, 3.8) is 0 Å². The average Bonchev–Trinajstić information content (AvgIpc) is 3.85. The Kier molecular flexibility index (Phi) is 5.83. The normalized spacial score (nSPS) is 12.0. The SMILES string of the molecule is c1ccc(-n2c3ccccc3c3c(N(c4ccc5c(c4)oc4ccccc45)c4cc5ccccc5c5sc6ccccc6c45)cccc32)cc1. The van der Waals surface area contributed by atoms with Crippen LogP contribution in [0.25, 0.3) is 80.4 Å². The van der Waals surface area contributed by atoms with E-state index in [0.29, 0.717) is 0 Å². The molecule has 0 aliphatic heterocycles. The van der Waals surface area contributed by atoms with Crippen molar-refractivity contribution in [3.8, 4) is 5.69 Å². The van der Waals surface area contributed by atoms with Crippen LogP contribution < -0.4 is 4.90 Å². The molecule has 0 aliphatic carbocycles. The van der Waals surface area contributed by atoms with Crippen LogP contribution in [0.2, 0.25) is 0 Å². The molecule has 3 nitrogen and oxygen atoms in total. The van der Waals surface area contributed by atoms with Crippen LogP contribution in [-0.4, -0.2) is 4.57 Å². The number of hydrogen-bond donors (Lipinski definition) is 0. The summed E-state index contributed by atoms with van der Waals surface area (Å²) in [4.78, 5) is 2.48. The molecule has 0 N–H and O–H groups in total. The van der Waals surface area contributed by atoms with Gasteiger partial charge < -0.3 is 13.9 Å². The van der Waals surface area contributed by atoms with Gasteiger partial charge in [0.1, 0.15) is 11.2 Å². The monoisotopic (exact) mass is 656 g/mol. The number of anilines is 3. The Hall–Kier alpha value is -6.36. The summed E-state index contributed by atoms with van der Waals surface area (Å²) in [5.41, 5.74) is 8.58. The fraction of sp³-hybridized carbons (Fsp3) is 0. The number of thiophene rings is 1. The number of nitrogens with zero attached hydrogens (tertiary/aromatic N) is 2. The Morgan fingerprint density at radius 1 is 0.460 bits per heavy atom. The van der Waals surface area contributed by atoms with E-state index in [1.54, 1.807) is 0 Å². The molecule has 0 saturated heterocycles. The molecule has 0 bridgehead atoms. The van der Waals surface area contributed by atoms with E-state index < -0.39 is 0 Å². The predicted molar refractivity (Wildman–Crippen MR) is 213 cm³/mol. The van der Waals surface area contributed by atoms with Gasteiger partial charge in [0.05, 0.1) is 22.4 Å². The van der Waals surface area contributed by atoms with Crippen molar-refractivity contribution in [3.05, 3.63) is 170 Å². The summed E-state index contributed by atoms with van der Waals surface area (Å²) < 4.78 is 11.5. The van der Waals surface area contributed by atoms with Crippen molar-refractivity contribution >= 4 is 103 Å². The average molecular weight is 657 g/mol. The third-order valence-corrected chi connectivity index (χ3v) is 11.3. The van der Waals surface area contributed by atoms with Crippen molar-refractivity contribution < 1.29 is 4.42 Å². The Bertz CT molecular complexity index is 3110. The molecular weight excluding hydrogens is 629 g/mol. The fourth-order valence-corrected chi connectivity index (χ4v) is 9.28. The van der Waals surface area contributed by atoms with Gasteiger partial charge in [-0.05, 0) is 71.4 Å². The zero-order chi connectivity index (χ0) is 32.8. The maximum Gasteiger partial charge on any atom is 0.137 e. The van der Waals surface area contributed by atoms with Crippen LogP contribution in [0.4, 0.5) is 17.1 Å². The molecule has 3 heterocycles. The van der Waals surface area contributed by atoms with E-state index in [4.69, 9.17) is 4.42 Å². The molecule has 4 heteroatoms. The first-order chi connectivity index (χ1) is 24.8. The molecule has 234 valence electrons. The predicted octanol–water partition coefficient (Wildman–Crippen LogP) is 13.7. The van der Waals surface area contributed by atoms with Gasteiger partial charge >= 0.3 is 0 Å². The number of hydrogen-bond acceptors (Lipinski definition) is 3. The third-order valence-electron chi connectivity index (χ3n) is 10.1. The smallest absolute Gasteiger partial charge is 0.137 e. The lowest BCUT2D eigenvalue weighted by Gasteiger charge is -2.28. The Morgan fingerprint density at radius 2 is 1.16 bits per heavy atom. The highest BCUT2D eigenvalue weighted by Crippen LogP contribution is 2.51. The van der Waals surface area contributed by atoms with Gasteiger partial charge in [-0.1, -0.05) is 103 Å². The van der Waals surface area contributed by atoms with E-state index in [1.807, 2.05) is 17.4 Å². The molecule has 0 fully saturated rings. The fourth-order valence-electron chi connectivity index (χ4n) is 8.02. The number of furan rings is 1. The first-order valence-electron chi connectivity index (χ1n) is 16.9. The van der Waals surface area contributed by atoms with Crippen LogP contribution in [0.15, 0.2) is 174 Å². The lowest BCUT2D eigenvalue weighted by atomic mass is 10.0. The largest absolute Gasteiger partial charge is 0.456 e. The number of para-hydroxylation sites is 3. The van der Waals surface area contributed by atoms with Crippen LogP contribution >= 0.6 is 11.3 Å². The summed E-state index contributed by atoms with van der Waals surface area (Å²) in [6, 6.07) is 61.2. The van der Waals surface area contributed by atoms with Gasteiger partial charge in [0.15, 0.2) is 0 Å². The van der Waals surface area contributed by atoms with Crippen molar-refractivity contribution in [2.75, 3.05) is 4.90 Å². The van der Waals surface area contributed by atoms with Crippen LogP contribution in [0.5, 0.6) is 0 Å². The zero-order valence-corrected chi connectivity index (χ0v) is 27.7. The van der Waals surface area contributed by atoms with Crippen LogP contribution in [0, 0.1) is 0 Å². The molecule has 0 atom stereocenters. The van der Waals surface area contributed by atoms with Crippen LogP contribution in [0.1, 0.15) is 0 Å². The lowest BCUT2D eigenvalue weighted by Crippen LogP contribution is -2.11. The summed E-state index contributed by atoms with van der Waals surface area (Å²) in [5.74, 6) is 0. The first kappa shape index (κ1) is 27.6. The van der Waals surface area contributed by atoms with Crippen molar-refractivity contribution in [2.45, 2.75) is 0 Å². The topological polar surface area (TPSA) is 21.3 Å².